The standard InChI is InChI=1S/C11H12N3/c1-8-7-9(2)14(13-8)11-6-4-3-5-10(11)12/h3-7,12H,1-2H3/q+1. The lowest BCUT2D eigenvalue weighted by Crippen LogP contribution is -2.20. The van der Waals surface area contributed by atoms with E-state index in [2.05, 4.69) is 5.10 Å². The first-order valence-electron chi connectivity index (χ1n) is 4.53. The van der Waals surface area contributed by atoms with Crippen molar-refractivity contribution in [1.82, 2.24) is 0 Å². The number of rotatable bonds is 0. The Hall–Kier alpha value is -1.77. The van der Waals surface area contributed by atoms with Crippen LogP contribution in [0.2, 0.25) is 0 Å². The van der Waals surface area contributed by atoms with Gasteiger partial charge in [-0.25, -0.2) is 0 Å². The summed E-state index contributed by atoms with van der Waals surface area (Å²) in [6, 6.07) is 0. The van der Waals surface area contributed by atoms with Crippen molar-refractivity contribution >= 4 is 17.1 Å². The van der Waals surface area contributed by atoms with E-state index in [1.165, 1.54) is 0 Å². The molecule has 0 amide bonds. The van der Waals surface area contributed by atoms with Crippen LogP contribution in [0, 0.1) is 5.41 Å². The van der Waals surface area contributed by atoms with Crippen molar-refractivity contribution in [1.29, 1.82) is 5.41 Å². The topological polar surface area (TPSA) is 39.2 Å². The molecule has 0 radical (unpaired) electrons. The van der Waals surface area contributed by atoms with E-state index in [0.29, 0.717) is 5.71 Å². The largest absolute Gasteiger partial charge is 0.294 e. The van der Waals surface area contributed by atoms with Gasteiger partial charge in [0.2, 0.25) is 5.70 Å². The molecule has 0 aromatic heterocycles. The molecule has 0 bridgehead atoms. The zero-order valence-corrected chi connectivity index (χ0v) is 8.28. The number of nitrogens with zero attached hydrogens (tertiary/aromatic N) is 2. The van der Waals surface area contributed by atoms with E-state index in [1.54, 1.807) is 10.8 Å². The van der Waals surface area contributed by atoms with Crippen LogP contribution in [0.1, 0.15) is 13.8 Å². The van der Waals surface area contributed by atoms with E-state index >= 15 is 0 Å². The molecule has 14 heavy (non-hydrogen) atoms. The first kappa shape index (κ1) is 8.81. The monoisotopic (exact) mass is 186 g/mol. The summed E-state index contributed by atoms with van der Waals surface area (Å²) >= 11 is 0. The molecule has 1 aliphatic carbocycles. The Labute approximate surface area is 83.0 Å². The molecular formula is C11H12N3+. The minimum absolute atomic E-state index is 0.499. The molecule has 2 rings (SSSR count). The molecule has 70 valence electrons. The Morgan fingerprint density at radius 3 is 2.50 bits per heavy atom. The average Bonchev–Trinajstić information content (AvgIpc) is 2.46. The van der Waals surface area contributed by atoms with Crippen molar-refractivity contribution in [3.63, 3.8) is 0 Å². The van der Waals surface area contributed by atoms with Crippen LogP contribution in [0.25, 0.3) is 0 Å². The molecule has 0 aromatic rings. The molecule has 2 aliphatic rings. The second kappa shape index (κ2) is 3.18. The highest BCUT2D eigenvalue weighted by atomic mass is 15.4. The first-order chi connectivity index (χ1) is 6.68. The highest BCUT2D eigenvalue weighted by molar-refractivity contribution is 6.48. The fourth-order valence-electron chi connectivity index (χ4n) is 1.53. The van der Waals surface area contributed by atoms with Crippen molar-refractivity contribution in [3.8, 4) is 0 Å². The summed E-state index contributed by atoms with van der Waals surface area (Å²) < 4.78 is 1.80. The van der Waals surface area contributed by atoms with Gasteiger partial charge in [-0.3, -0.25) is 5.41 Å². The van der Waals surface area contributed by atoms with Gasteiger partial charge in [0.15, 0.2) is 0 Å². The summed E-state index contributed by atoms with van der Waals surface area (Å²) in [4.78, 5) is 0. The number of hydrogen-bond donors (Lipinski definition) is 1. The Balaban J connectivity index is 2.52. The lowest BCUT2D eigenvalue weighted by Gasteiger charge is -1.99. The van der Waals surface area contributed by atoms with Crippen LogP contribution in [-0.2, 0) is 0 Å². The highest BCUT2D eigenvalue weighted by Gasteiger charge is 2.24. The number of hydrogen-bond acceptors (Lipinski definition) is 2. The van der Waals surface area contributed by atoms with E-state index in [1.807, 2.05) is 38.2 Å². The summed E-state index contributed by atoms with van der Waals surface area (Å²) in [5.41, 5.74) is 3.37. The molecule has 1 N–H and O–H groups in total. The summed E-state index contributed by atoms with van der Waals surface area (Å²) in [5, 5.41) is 12.1. The maximum absolute atomic E-state index is 7.75. The normalized spacial score (nSPS) is 25.4. The zero-order chi connectivity index (χ0) is 10.1. The second-order valence-electron chi connectivity index (χ2n) is 3.36. The van der Waals surface area contributed by atoms with E-state index in [4.69, 9.17) is 5.41 Å². The molecule has 0 saturated heterocycles. The van der Waals surface area contributed by atoms with Gasteiger partial charge in [-0.15, -0.1) is 0 Å². The van der Waals surface area contributed by atoms with Crippen LogP contribution < -0.4 is 0 Å². The Bertz CT molecular complexity index is 441. The predicted octanol–water partition coefficient (Wildman–Crippen LogP) is 1.88. The van der Waals surface area contributed by atoms with Crippen molar-refractivity contribution in [2.45, 2.75) is 13.8 Å². The van der Waals surface area contributed by atoms with Gasteiger partial charge in [0, 0.05) is 24.2 Å². The molecule has 1 heterocycles. The number of allylic oxidation sites excluding steroid dienone is 6. The number of hydrazone groups is 1. The van der Waals surface area contributed by atoms with Gasteiger partial charge in [-0.1, -0.05) is 12.2 Å². The lowest BCUT2D eigenvalue weighted by atomic mass is 10.1. The van der Waals surface area contributed by atoms with Crippen LogP contribution >= 0.6 is 0 Å². The summed E-state index contributed by atoms with van der Waals surface area (Å²) in [5.74, 6) is 0. The summed E-state index contributed by atoms with van der Waals surface area (Å²) in [7, 11) is 0. The highest BCUT2D eigenvalue weighted by Crippen LogP contribution is 2.09. The average molecular weight is 186 g/mol. The first-order valence-corrected chi connectivity index (χ1v) is 4.53. The maximum atomic E-state index is 7.75. The Morgan fingerprint density at radius 2 is 1.93 bits per heavy atom. The van der Waals surface area contributed by atoms with Gasteiger partial charge in [0.1, 0.15) is 11.4 Å². The van der Waals surface area contributed by atoms with E-state index < -0.39 is 0 Å². The maximum Gasteiger partial charge on any atom is 0.263 e. The van der Waals surface area contributed by atoms with Crippen LogP contribution in [0.5, 0.6) is 0 Å². The number of nitrogens with one attached hydrogen (secondary N) is 1. The van der Waals surface area contributed by atoms with Crippen molar-refractivity contribution in [2.24, 2.45) is 5.10 Å². The second-order valence-corrected chi connectivity index (χ2v) is 3.36. The smallest absolute Gasteiger partial charge is 0.263 e. The molecule has 0 fully saturated rings. The Morgan fingerprint density at radius 1 is 1.21 bits per heavy atom. The zero-order valence-electron chi connectivity index (χ0n) is 8.28. The predicted molar refractivity (Wildman–Crippen MR) is 58.1 cm³/mol. The SMILES string of the molecule is CC1=CC(C)=N[N+]1=C1C=CC=CC1=N. The molecular weight excluding hydrogens is 174 g/mol. The van der Waals surface area contributed by atoms with Crippen LogP contribution in [-0.4, -0.2) is 21.8 Å². The van der Waals surface area contributed by atoms with Crippen molar-refractivity contribution in [2.75, 3.05) is 0 Å². The molecule has 1 aliphatic heterocycles. The van der Waals surface area contributed by atoms with Gasteiger partial charge in [-0.05, 0) is 17.7 Å². The molecule has 3 heteroatoms. The van der Waals surface area contributed by atoms with Crippen LogP contribution in [0.4, 0.5) is 0 Å². The molecule has 0 aromatic carbocycles. The molecule has 0 unspecified atom stereocenters. The summed E-state index contributed by atoms with van der Waals surface area (Å²) in [6.07, 6.45) is 9.46. The van der Waals surface area contributed by atoms with Crippen molar-refractivity contribution < 1.29 is 4.68 Å². The lowest BCUT2D eigenvalue weighted by molar-refractivity contribution is -0.475. The third-order valence-electron chi connectivity index (χ3n) is 2.14. The van der Waals surface area contributed by atoms with Crippen LogP contribution in [0.3, 0.4) is 0 Å². The third-order valence-corrected chi connectivity index (χ3v) is 2.14. The van der Waals surface area contributed by atoms with E-state index in [9.17, 15) is 0 Å². The minimum atomic E-state index is 0.499. The van der Waals surface area contributed by atoms with E-state index in [-0.39, 0.29) is 0 Å². The van der Waals surface area contributed by atoms with Gasteiger partial charge < -0.3 is 0 Å². The minimum Gasteiger partial charge on any atom is -0.294 e. The van der Waals surface area contributed by atoms with Gasteiger partial charge in [-0.2, -0.15) is 0 Å². The molecule has 0 saturated carbocycles. The fourth-order valence-corrected chi connectivity index (χ4v) is 1.53. The quantitative estimate of drug-likeness (QED) is 0.443. The summed E-state index contributed by atoms with van der Waals surface area (Å²) in [6.45, 7) is 3.95. The molecule has 3 nitrogen and oxygen atoms in total. The molecule has 0 spiro atoms. The van der Waals surface area contributed by atoms with Crippen LogP contribution in [0.15, 0.2) is 41.2 Å². The van der Waals surface area contributed by atoms with Gasteiger partial charge >= 0.3 is 0 Å². The van der Waals surface area contributed by atoms with Gasteiger partial charge in [0.25, 0.3) is 5.71 Å². The Kier molecular flexibility index (Phi) is 2.00. The fraction of sp³-hybridized carbons (Fsp3) is 0.182. The van der Waals surface area contributed by atoms with Crippen molar-refractivity contribution in [3.05, 3.63) is 36.1 Å². The van der Waals surface area contributed by atoms with E-state index in [0.717, 1.165) is 17.1 Å². The van der Waals surface area contributed by atoms with Gasteiger partial charge in [0.05, 0.1) is 0 Å². The molecule has 0 atom stereocenters. The third kappa shape index (κ3) is 1.37.